The van der Waals surface area contributed by atoms with Crippen LogP contribution in [0.1, 0.15) is 36.5 Å². The van der Waals surface area contributed by atoms with Crippen LogP contribution in [0, 0.1) is 0 Å². The van der Waals surface area contributed by atoms with Crippen molar-refractivity contribution in [3.8, 4) is 0 Å². The van der Waals surface area contributed by atoms with Crippen molar-refractivity contribution in [2.24, 2.45) is 0 Å². The lowest BCUT2D eigenvalue weighted by atomic mass is 9.90. The summed E-state index contributed by atoms with van der Waals surface area (Å²) in [4.78, 5) is 2.69. The van der Waals surface area contributed by atoms with E-state index in [1.54, 1.807) is 5.56 Å². The van der Waals surface area contributed by atoms with Gasteiger partial charge >= 0.3 is 0 Å². The van der Waals surface area contributed by atoms with Crippen LogP contribution in [0.5, 0.6) is 0 Å². The van der Waals surface area contributed by atoms with Crippen molar-refractivity contribution in [2.75, 3.05) is 6.54 Å². The highest BCUT2D eigenvalue weighted by Gasteiger charge is 2.25. The summed E-state index contributed by atoms with van der Waals surface area (Å²) in [6.45, 7) is 4.63. The van der Waals surface area contributed by atoms with Crippen molar-refractivity contribution >= 4 is 0 Å². The highest BCUT2D eigenvalue weighted by atomic mass is 15.2. The van der Waals surface area contributed by atoms with E-state index in [1.807, 2.05) is 0 Å². The van der Waals surface area contributed by atoms with Crippen LogP contribution in [-0.4, -0.2) is 17.5 Å². The minimum Gasteiger partial charge on any atom is -0.295 e. The summed E-state index contributed by atoms with van der Waals surface area (Å²) in [5.74, 6) is 0. The number of unbranched alkanes of at least 4 members (excludes halogenated alkanes) is 1. The van der Waals surface area contributed by atoms with Crippen LogP contribution in [0.2, 0.25) is 0 Å². The number of hydrogen-bond donors (Lipinski definition) is 0. The van der Waals surface area contributed by atoms with Crippen LogP contribution in [0.15, 0.2) is 54.6 Å². The number of benzene rings is 2. The predicted molar refractivity (Wildman–Crippen MR) is 89.4 cm³/mol. The SMILES string of the molecule is CCCCN1Cc2ccccc2CC1Cc1ccccc1. The third-order valence-corrected chi connectivity index (χ3v) is 4.58. The highest BCUT2D eigenvalue weighted by Crippen LogP contribution is 2.25. The van der Waals surface area contributed by atoms with Gasteiger partial charge in [0.15, 0.2) is 0 Å². The fourth-order valence-corrected chi connectivity index (χ4v) is 3.35. The Morgan fingerprint density at radius 2 is 1.67 bits per heavy atom. The second-order valence-corrected chi connectivity index (χ2v) is 6.14. The number of fused-ring (bicyclic) bond motifs is 1. The Morgan fingerprint density at radius 3 is 2.43 bits per heavy atom. The molecule has 1 heterocycles. The molecule has 0 spiro atoms. The van der Waals surface area contributed by atoms with E-state index in [-0.39, 0.29) is 0 Å². The van der Waals surface area contributed by atoms with Gasteiger partial charge in [0.2, 0.25) is 0 Å². The van der Waals surface area contributed by atoms with Crippen molar-refractivity contribution in [1.82, 2.24) is 4.90 Å². The van der Waals surface area contributed by atoms with E-state index in [9.17, 15) is 0 Å². The van der Waals surface area contributed by atoms with Gasteiger partial charge in [-0.3, -0.25) is 4.90 Å². The zero-order valence-corrected chi connectivity index (χ0v) is 13.0. The molecule has 1 nitrogen and oxygen atoms in total. The Morgan fingerprint density at radius 1 is 0.952 bits per heavy atom. The van der Waals surface area contributed by atoms with Gasteiger partial charge in [-0.05, 0) is 42.5 Å². The molecule has 0 aromatic heterocycles. The summed E-state index contributed by atoms with van der Waals surface area (Å²) < 4.78 is 0. The van der Waals surface area contributed by atoms with Crippen LogP contribution >= 0.6 is 0 Å². The minimum atomic E-state index is 0.647. The van der Waals surface area contributed by atoms with E-state index in [1.165, 1.54) is 43.4 Å². The van der Waals surface area contributed by atoms with Gasteiger partial charge in [0.05, 0.1) is 0 Å². The molecule has 0 fully saturated rings. The van der Waals surface area contributed by atoms with Crippen molar-refractivity contribution < 1.29 is 0 Å². The van der Waals surface area contributed by atoms with Gasteiger partial charge in [0.25, 0.3) is 0 Å². The third-order valence-electron chi connectivity index (χ3n) is 4.58. The van der Waals surface area contributed by atoms with Crippen LogP contribution in [0.4, 0.5) is 0 Å². The molecule has 0 bridgehead atoms. The van der Waals surface area contributed by atoms with E-state index in [4.69, 9.17) is 0 Å². The molecule has 1 aliphatic heterocycles. The maximum absolute atomic E-state index is 2.69. The molecule has 0 saturated heterocycles. The molecule has 0 amide bonds. The first-order valence-corrected chi connectivity index (χ1v) is 8.21. The Hall–Kier alpha value is -1.60. The fraction of sp³-hybridized carbons (Fsp3) is 0.400. The Balaban J connectivity index is 1.78. The Labute approximate surface area is 128 Å². The van der Waals surface area contributed by atoms with Crippen molar-refractivity contribution in [1.29, 1.82) is 0 Å². The van der Waals surface area contributed by atoms with Gasteiger partial charge in [0.1, 0.15) is 0 Å². The fourth-order valence-electron chi connectivity index (χ4n) is 3.35. The van der Waals surface area contributed by atoms with Crippen LogP contribution in [-0.2, 0) is 19.4 Å². The first-order valence-electron chi connectivity index (χ1n) is 8.21. The van der Waals surface area contributed by atoms with E-state index in [0.29, 0.717) is 6.04 Å². The van der Waals surface area contributed by atoms with Gasteiger partial charge in [-0.2, -0.15) is 0 Å². The first kappa shape index (κ1) is 14.3. The number of hydrogen-bond acceptors (Lipinski definition) is 1. The molecule has 110 valence electrons. The molecule has 1 aliphatic rings. The zero-order chi connectivity index (χ0) is 14.5. The molecule has 1 atom stereocenters. The molecule has 2 aromatic rings. The second-order valence-electron chi connectivity index (χ2n) is 6.14. The number of rotatable bonds is 5. The Bertz CT molecular complexity index is 561. The van der Waals surface area contributed by atoms with Gasteiger partial charge in [-0.1, -0.05) is 67.9 Å². The molecule has 0 radical (unpaired) electrons. The van der Waals surface area contributed by atoms with Crippen molar-refractivity contribution in [3.05, 3.63) is 71.3 Å². The van der Waals surface area contributed by atoms with Gasteiger partial charge in [-0.25, -0.2) is 0 Å². The standard InChI is InChI=1S/C20H25N/c1-2-3-13-21-16-19-12-8-7-11-18(19)15-20(21)14-17-9-5-4-6-10-17/h4-12,20H,2-3,13-16H2,1H3. The van der Waals surface area contributed by atoms with Gasteiger partial charge in [-0.15, -0.1) is 0 Å². The molecular weight excluding hydrogens is 254 g/mol. The lowest BCUT2D eigenvalue weighted by Gasteiger charge is -2.37. The third kappa shape index (κ3) is 3.54. The van der Waals surface area contributed by atoms with Gasteiger partial charge < -0.3 is 0 Å². The molecule has 2 aromatic carbocycles. The van der Waals surface area contributed by atoms with Crippen LogP contribution in [0.25, 0.3) is 0 Å². The van der Waals surface area contributed by atoms with Crippen LogP contribution in [0.3, 0.4) is 0 Å². The zero-order valence-electron chi connectivity index (χ0n) is 13.0. The van der Waals surface area contributed by atoms with E-state index in [2.05, 4.69) is 66.4 Å². The Kier molecular flexibility index (Phi) is 4.72. The predicted octanol–water partition coefficient (Wildman–Crippen LogP) is 4.46. The van der Waals surface area contributed by atoms with E-state index < -0.39 is 0 Å². The van der Waals surface area contributed by atoms with Gasteiger partial charge in [0, 0.05) is 12.6 Å². The number of nitrogens with zero attached hydrogens (tertiary/aromatic N) is 1. The summed E-state index contributed by atoms with van der Waals surface area (Å²) in [7, 11) is 0. The lowest BCUT2D eigenvalue weighted by molar-refractivity contribution is 0.167. The molecule has 3 rings (SSSR count). The monoisotopic (exact) mass is 279 g/mol. The van der Waals surface area contributed by atoms with Crippen molar-refractivity contribution in [3.63, 3.8) is 0 Å². The maximum Gasteiger partial charge on any atom is 0.0239 e. The average Bonchev–Trinajstić information content (AvgIpc) is 2.54. The lowest BCUT2D eigenvalue weighted by Crippen LogP contribution is -2.42. The van der Waals surface area contributed by atoms with E-state index >= 15 is 0 Å². The molecular formula is C20H25N. The largest absolute Gasteiger partial charge is 0.295 e. The average molecular weight is 279 g/mol. The van der Waals surface area contributed by atoms with Crippen molar-refractivity contribution in [2.45, 2.75) is 45.2 Å². The topological polar surface area (TPSA) is 3.24 Å². The molecule has 0 N–H and O–H groups in total. The smallest absolute Gasteiger partial charge is 0.0239 e. The molecule has 1 heteroatoms. The normalized spacial score (nSPS) is 18.4. The summed E-state index contributed by atoms with van der Waals surface area (Å²) in [6, 6.07) is 20.6. The van der Waals surface area contributed by atoms with Crippen LogP contribution < -0.4 is 0 Å². The summed E-state index contributed by atoms with van der Waals surface area (Å²) in [5.41, 5.74) is 4.53. The summed E-state index contributed by atoms with van der Waals surface area (Å²) in [5, 5.41) is 0. The minimum absolute atomic E-state index is 0.647. The maximum atomic E-state index is 2.69. The molecule has 0 aliphatic carbocycles. The highest BCUT2D eigenvalue weighted by molar-refractivity contribution is 5.31. The molecule has 1 unspecified atom stereocenters. The second kappa shape index (κ2) is 6.91. The van der Waals surface area contributed by atoms with E-state index in [0.717, 1.165) is 6.54 Å². The summed E-state index contributed by atoms with van der Waals surface area (Å²) in [6.07, 6.45) is 4.93. The molecule has 0 saturated carbocycles. The first-order chi connectivity index (χ1) is 10.4. The quantitative estimate of drug-likeness (QED) is 0.781. The summed E-state index contributed by atoms with van der Waals surface area (Å²) >= 11 is 0. The molecule has 21 heavy (non-hydrogen) atoms.